The van der Waals surface area contributed by atoms with Crippen molar-refractivity contribution in [1.29, 1.82) is 0 Å². The minimum Gasteiger partial charge on any atom is -0.378 e. The fourth-order valence-electron chi connectivity index (χ4n) is 3.24. The van der Waals surface area contributed by atoms with Crippen LogP contribution < -0.4 is 0 Å². The van der Waals surface area contributed by atoms with Crippen molar-refractivity contribution in [2.45, 2.75) is 25.9 Å². The third-order valence-electron chi connectivity index (χ3n) is 4.68. The molecule has 2 aromatic heterocycles. The van der Waals surface area contributed by atoms with Crippen LogP contribution in [0.3, 0.4) is 0 Å². The molecular formula is C20H20FN3O. The molecule has 2 aromatic carbocycles. The Hall–Kier alpha value is -2.66. The summed E-state index contributed by atoms with van der Waals surface area (Å²) in [5.74, 6) is -0.240. The number of nitrogens with one attached hydrogen (secondary N) is 1. The summed E-state index contributed by atoms with van der Waals surface area (Å²) in [4.78, 5) is 0. The van der Waals surface area contributed by atoms with Crippen LogP contribution in [0.5, 0.6) is 0 Å². The Kier molecular flexibility index (Phi) is 3.62. The zero-order valence-electron chi connectivity index (χ0n) is 14.5. The average Bonchev–Trinajstić information content (AvgIpc) is 3.16. The number of rotatable bonds is 4. The number of aromatic amines is 1. The summed E-state index contributed by atoms with van der Waals surface area (Å²) in [6.45, 7) is 4.13. The number of fused-ring (bicyclic) bond motifs is 2. The van der Waals surface area contributed by atoms with Gasteiger partial charge in [-0.3, -0.25) is 5.10 Å². The second-order valence-corrected chi connectivity index (χ2v) is 6.96. The molecule has 0 aliphatic rings. The summed E-state index contributed by atoms with van der Waals surface area (Å²) >= 11 is 0. The zero-order valence-corrected chi connectivity index (χ0v) is 14.5. The second-order valence-electron chi connectivity index (χ2n) is 6.96. The minimum absolute atomic E-state index is 0.240. The van der Waals surface area contributed by atoms with Gasteiger partial charge in [0.1, 0.15) is 5.82 Å². The zero-order chi connectivity index (χ0) is 17.6. The van der Waals surface area contributed by atoms with E-state index in [9.17, 15) is 4.39 Å². The van der Waals surface area contributed by atoms with Crippen molar-refractivity contribution in [3.05, 3.63) is 60.2 Å². The molecule has 0 saturated heterocycles. The van der Waals surface area contributed by atoms with Crippen molar-refractivity contribution in [1.82, 2.24) is 14.8 Å². The SMILES string of the molecule is COC(C)(C)Cc1cc2cc3[nH]ncc3cc2n1-c1ccc(F)cc1. The number of aromatic nitrogens is 3. The molecule has 0 radical (unpaired) electrons. The van der Waals surface area contributed by atoms with Gasteiger partial charge in [-0.15, -0.1) is 0 Å². The average molecular weight is 337 g/mol. The summed E-state index contributed by atoms with van der Waals surface area (Å²) < 4.78 is 21.2. The van der Waals surface area contributed by atoms with Gasteiger partial charge in [-0.1, -0.05) is 0 Å². The molecule has 0 unspecified atom stereocenters. The number of H-pyrrole nitrogens is 1. The lowest BCUT2D eigenvalue weighted by atomic mass is 10.0. The van der Waals surface area contributed by atoms with Crippen LogP contribution >= 0.6 is 0 Å². The van der Waals surface area contributed by atoms with E-state index in [1.165, 1.54) is 12.1 Å². The summed E-state index contributed by atoms with van der Waals surface area (Å²) in [6, 6.07) is 13.0. The molecule has 0 saturated carbocycles. The van der Waals surface area contributed by atoms with E-state index < -0.39 is 0 Å². The van der Waals surface area contributed by atoms with Crippen molar-refractivity contribution < 1.29 is 9.13 Å². The van der Waals surface area contributed by atoms with Crippen LogP contribution in [0, 0.1) is 5.82 Å². The summed E-state index contributed by atoms with van der Waals surface area (Å²) in [5, 5.41) is 9.28. The van der Waals surface area contributed by atoms with E-state index in [1.54, 1.807) is 19.2 Å². The summed E-state index contributed by atoms with van der Waals surface area (Å²) in [7, 11) is 1.72. The Labute approximate surface area is 145 Å². The number of methoxy groups -OCH3 is 1. The summed E-state index contributed by atoms with van der Waals surface area (Å²) in [5.41, 5.74) is 3.83. The van der Waals surface area contributed by atoms with Gasteiger partial charge in [0, 0.05) is 35.7 Å². The van der Waals surface area contributed by atoms with Gasteiger partial charge in [-0.2, -0.15) is 5.10 Å². The third-order valence-corrected chi connectivity index (χ3v) is 4.68. The molecule has 0 spiro atoms. The van der Waals surface area contributed by atoms with Gasteiger partial charge in [0.05, 0.1) is 22.8 Å². The quantitative estimate of drug-likeness (QED) is 0.591. The Balaban J connectivity index is 1.98. The van der Waals surface area contributed by atoms with E-state index in [-0.39, 0.29) is 11.4 Å². The van der Waals surface area contributed by atoms with Gasteiger partial charge < -0.3 is 9.30 Å². The highest BCUT2D eigenvalue weighted by Crippen LogP contribution is 2.30. The molecule has 4 aromatic rings. The van der Waals surface area contributed by atoms with Crippen LogP contribution in [0.25, 0.3) is 27.5 Å². The van der Waals surface area contributed by atoms with Crippen molar-refractivity contribution >= 4 is 21.8 Å². The van der Waals surface area contributed by atoms with Crippen LogP contribution in [-0.4, -0.2) is 27.5 Å². The fourth-order valence-corrected chi connectivity index (χ4v) is 3.24. The first kappa shape index (κ1) is 15.8. The number of hydrogen-bond donors (Lipinski definition) is 1. The Bertz CT molecular complexity index is 1040. The molecule has 0 atom stereocenters. The number of halogens is 1. The van der Waals surface area contributed by atoms with E-state index in [0.717, 1.165) is 39.6 Å². The first-order chi connectivity index (χ1) is 12.0. The van der Waals surface area contributed by atoms with Crippen molar-refractivity contribution in [3.8, 4) is 5.69 Å². The maximum absolute atomic E-state index is 13.4. The van der Waals surface area contributed by atoms with Crippen molar-refractivity contribution in [2.75, 3.05) is 7.11 Å². The normalized spacial score (nSPS) is 12.3. The fraction of sp³-hybridized carbons (Fsp3) is 0.250. The van der Waals surface area contributed by atoms with E-state index in [4.69, 9.17) is 4.74 Å². The molecule has 4 nitrogen and oxygen atoms in total. The molecule has 1 N–H and O–H groups in total. The van der Waals surface area contributed by atoms with Gasteiger partial charge >= 0.3 is 0 Å². The molecule has 0 amide bonds. The number of nitrogens with zero attached hydrogens (tertiary/aromatic N) is 2. The largest absolute Gasteiger partial charge is 0.378 e. The van der Waals surface area contributed by atoms with E-state index in [1.807, 2.05) is 6.20 Å². The molecule has 0 aliphatic heterocycles. The Morgan fingerprint density at radius 1 is 1.12 bits per heavy atom. The maximum atomic E-state index is 13.4. The molecule has 128 valence electrons. The predicted molar refractivity (Wildman–Crippen MR) is 97.7 cm³/mol. The van der Waals surface area contributed by atoms with Gasteiger partial charge in [0.2, 0.25) is 0 Å². The molecular weight excluding hydrogens is 317 g/mol. The lowest BCUT2D eigenvalue weighted by Crippen LogP contribution is -2.26. The van der Waals surface area contributed by atoms with Crippen LogP contribution in [0.15, 0.2) is 48.7 Å². The van der Waals surface area contributed by atoms with Crippen LogP contribution in [0.4, 0.5) is 4.39 Å². The first-order valence-electron chi connectivity index (χ1n) is 8.25. The summed E-state index contributed by atoms with van der Waals surface area (Å²) in [6.07, 6.45) is 2.55. The number of benzene rings is 2. The molecule has 2 heterocycles. The number of hydrogen-bond acceptors (Lipinski definition) is 2. The lowest BCUT2D eigenvalue weighted by molar-refractivity contribution is 0.0222. The van der Waals surface area contributed by atoms with E-state index in [2.05, 4.69) is 46.8 Å². The van der Waals surface area contributed by atoms with Crippen LogP contribution in [-0.2, 0) is 11.2 Å². The predicted octanol–water partition coefficient (Wildman–Crippen LogP) is 4.61. The molecule has 0 fully saturated rings. The van der Waals surface area contributed by atoms with E-state index in [0.29, 0.717) is 0 Å². The molecule has 4 rings (SSSR count). The smallest absolute Gasteiger partial charge is 0.123 e. The van der Waals surface area contributed by atoms with Gasteiger partial charge in [0.25, 0.3) is 0 Å². The Morgan fingerprint density at radius 2 is 1.88 bits per heavy atom. The highest BCUT2D eigenvalue weighted by Gasteiger charge is 2.22. The van der Waals surface area contributed by atoms with Crippen LogP contribution in [0.1, 0.15) is 19.5 Å². The third kappa shape index (κ3) is 2.81. The topological polar surface area (TPSA) is 42.8 Å². The monoisotopic (exact) mass is 337 g/mol. The van der Waals surface area contributed by atoms with Gasteiger partial charge in [0.15, 0.2) is 0 Å². The van der Waals surface area contributed by atoms with Crippen molar-refractivity contribution in [3.63, 3.8) is 0 Å². The first-order valence-corrected chi connectivity index (χ1v) is 8.25. The maximum Gasteiger partial charge on any atom is 0.123 e. The van der Waals surface area contributed by atoms with Crippen molar-refractivity contribution in [2.24, 2.45) is 0 Å². The van der Waals surface area contributed by atoms with Gasteiger partial charge in [-0.25, -0.2) is 4.39 Å². The standard InChI is InChI=1S/C20H20FN3O/c1-20(2,25-3)11-17-8-13-9-18-14(12-22-23-18)10-19(13)24(17)16-6-4-15(21)5-7-16/h4-10,12H,11H2,1-3H3,(H,22,23). The second kappa shape index (κ2) is 5.70. The van der Waals surface area contributed by atoms with Gasteiger partial charge in [-0.05, 0) is 56.3 Å². The molecule has 0 aliphatic carbocycles. The van der Waals surface area contributed by atoms with E-state index >= 15 is 0 Å². The molecule has 25 heavy (non-hydrogen) atoms. The highest BCUT2D eigenvalue weighted by molar-refractivity contribution is 5.96. The Morgan fingerprint density at radius 3 is 2.60 bits per heavy atom. The highest BCUT2D eigenvalue weighted by atomic mass is 19.1. The number of ether oxygens (including phenoxy) is 1. The molecule has 5 heteroatoms. The minimum atomic E-state index is -0.297. The van der Waals surface area contributed by atoms with Crippen LogP contribution in [0.2, 0.25) is 0 Å². The lowest BCUT2D eigenvalue weighted by Gasteiger charge is -2.24. The molecule has 0 bridgehead atoms.